The number of rotatable bonds is 4. The Kier molecular flexibility index (Phi) is 2.45. The van der Waals surface area contributed by atoms with Crippen molar-refractivity contribution in [3.05, 3.63) is 36.9 Å². The van der Waals surface area contributed by atoms with Crippen LogP contribution in [0.4, 0.5) is 0 Å². The molecule has 84 valence electrons. The van der Waals surface area contributed by atoms with E-state index < -0.39 is 11.6 Å². The maximum atomic E-state index is 11.2. The molecule has 2 aromatic heterocycles. The molecular formula is C9H11N5O2. The van der Waals surface area contributed by atoms with Gasteiger partial charge in [-0.05, 0) is 12.1 Å². The van der Waals surface area contributed by atoms with E-state index in [1.54, 1.807) is 24.5 Å². The molecule has 0 aliphatic rings. The van der Waals surface area contributed by atoms with Gasteiger partial charge in [-0.1, -0.05) is 0 Å². The first-order valence-electron chi connectivity index (χ1n) is 4.63. The number of carbonyl (C=O) groups is 1. The van der Waals surface area contributed by atoms with Crippen molar-refractivity contribution in [1.29, 1.82) is 0 Å². The van der Waals surface area contributed by atoms with E-state index in [0.717, 1.165) is 0 Å². The summed E-state index contributed by atoms with van der Waals surface area (Å²) in [6.07, 6.45) is 6.20. The van der Waals surface area contributed by atoms with E-state index >= 15 is 0 Å². The third-order valence-corrected chi connectivity index (χ3v) is 2.25. The molecule has 0 spiro atoms. The zero-order valence-corrected chi connectivity index (χ0v) is 8.39. The molecule has 7 nitrogen and oxygen atoms in total. The minimum atomic E-state index is -1.63. The predicted molar refractivity (Wildman–Crippen MR) is 54.3 cm³/mol. The molecule has 16 heavy (non-hydrogen) atoms. The van der Waals surface area contributed by atoms with Crippen LogP contribution < -0.4 is 5.73 Å². The van der Waals surface area contributed by atoms with Crippen LogP contribution in [0, 0.1) is 0 Å². The van der Waals surface area contributed by atoms with Gasteiger partial charge in [-0.15, -0.1) is 0 Å². The van der Waals surface area contributed by atoms with Crippen LogP contribution in [0.3, 0.4) is 0 Å². The molecule has 0 aromatic carbocycles. The number of nitrogens with two attached hydrogens (primary N) is 1. The predicted octanol–water partition coefficient (Wildman–Crippen LogP) is -0.524. The van der Waals surface area contributed by atoms with Gasteiger partial charge in [0.1, 0.15) is 0 Å². The zero-order chi connectivity index (χ0) is 11.6. The zero-order valence-electron chi connectivity index (χ0n) is 8.39. The molecule has 2 rings (SSSR count). The Morgan fingerprint density at radius 3 is 2.50 bits per heavy atom. The molecule has 3 N–H and O–H groups in total. The summed E-state index contributed by atoms with van der Waals surface area (Å²) in [5, 5.41) is 17.0. The summed E-state index contributed by atoms with van der Waals surface area (Å²) in [5.41, 5.74) is 4.21. The number of nitrogens with zero attached hydrogens (tertiary/aromatic N) is 4. The highest BCUT2D eigenvalue weighted by molar-refractivity contribution is 5.75. The van der Waals surface area contributed by atoms with Crippen LogP contribution in [0.1, 0.15) is 0 Å². The molecule has 0 amide bonds. The third kappa shape index (κ3) is 1.68. The monoisotopic (exact) mass is 221 g/mol. The Balaban J connectivity index is 2.33. The van der Waals surface area contributed by atoms with Crippen molar-refractivity contribution in [2.45, 2.75) is 12.2 Å². The van der Waals surface area contributed by atoms with Crippen LogP contribution in [0.25, 0.3) is 0 Å². The fraction of sp³-hybridized carbons (Fsp3) is 0.222. The van der Waals surface area contributed by atoms with Gasteiger partial charge < -0.3 is 5.11 Å². The lowest BCUT2D eigenvalue weighted by atomic mass is 10.2. The van der Waals surface area contributed by atoms with Crippen LogP contribution in [-0.4, -0.2) is 30.6 Å². The summed E-state index contributed by atoms with van der Waals surface area (Å²) >= 11 is 0. The van der Waals surface area contributed by atoms with E-state index in [0.29, 0.717) is 0 Å². The summed E-state index contributed by atoms with van der Waals surface area (Å²) in [5.74, 6) is -1.16. The van der Waals surface area contributed by atoms with Crippen LogP contribution in [0.5, 0.6) is 0 Å². The number of carboxylic acids is 1. The van der Waals surface area contributed by atoms with Crippen molar-refractivity contribution in [3.8, 4) is 0 Å². The van der Waals surface area contributed by atoms with Crippen molar-refractivity contribution in [2.24, 2.45) is 5.73 Å². The molecule has 0 aliphatic carbocycles. The molecule has 0 unspecified atom stereocenters. The van der Waals surface area contributed by atoms with Crippen LogP contribution in [-0.2, 0) is 17.0 Å². The number of aliphatic carboxylic acids is 1. The second-order valence-electron chi connectivity index (χ2n) is 3.38. The van der Waals surface area contributed by atoms with Crippen LogP contribution >= 0.6 is 0 Å². The Morgan fingerprint density at radius 2 is 2.00 bits per heavy atom. The van der Waals surface area contributed by atoms with Crippen LogP contribution in [0.2, 0.25) is 0 Å². The van der Waals surface area contributed by atoms with E-state index in [2.05, 4.69) is 10.2 Å². The van der Waals surface area contributed by atoms with Gasteiger partial charge in [-0.25, -0.2) is 9.48 Å². The van der Waals surface area contributed by atoms with Crippen LogP contribution in [0.15, 0.2) is 36.9 Å². The summed E-state index contributed by atoms with van der Waals surface area (Å²) in [7, 11) is 0. The Labute approximate surface area is 91.1 Å². The number of hydrogen-bond acceptors (Lipinski definition) is 4. The lowest BCUT2D eigenvalue weighted by Crippen LogP contribution is -2.53. The van der Waals surface area contributed by atoms with E-state index in [1.165, 1.54) is 21.8 Å². The normalized spacial score (nSPS) is 14.6. The Hall–Kier alpha value is -2.15. The first-order valence-corrected chi connectivity index (χ1v) is 4.63. The second kappa shape index (κ2) is 3.78. The molecule has 0 bridgehead atoms. The first kappa shape index (κ1) is 10.4. The maximum absolute atomic E-state index is 11.2. The second-order valence-corrected chi connectivity index (χ2v) is 3.38. The summed E-state index contributed by atoms with van der Waals surface area (Å²) in [4.78, 5) is 11.2. The molecular weight excluding hydrogens is 210 g/mol. The highest BCUT2D eigenvalue weighted by Crippen LogP contribution is 2.11. The Bertz CT molecular complexity index is 464. The van der Waals surface area contributed by atoms with Crippen molar-refractivity contribution in [2.75, 3.05) is 0 Å². The fourth-order valence-corrected chi connectivity index (χ4v) is 1.38. The lowest BCUT2D eigenvalue weighted by molar-refractivity contribution is -0.149. The summed E-state index contributed by atoms with van der Waals surface area (Å²) in [6.45, 7) is 0.0109. The molecule has 0 aliphatic heterocycles. The van der Waals surface area contributed by atoms with Gasteiger partial charge in [0.2, 0.25) is 5.66 Å². The van der Waals surface area contributed by atoms with Gasteiger partial charge in [-0.3, -0.25) is 10.4 Å². The largest absolute Gasteiger partial charge is 0.478 e. The van der Waals surface area contributed by atoms with Crippen molar-refractivity contribution < 1.29 is 9.90 Å². The molecule has 1 atom stereocenters. The topological polar surface area (TPSA) is 99.0 Å². The highest BCUT2D eigenvalue weighted by Gasteiger charge is 2.37. The summed E-state index contributed by atoms with van der Waals surface area (Å²) < 4.78 is 2.66. The molecule has 2 aromatic rings. The van der Waals surface area contributed by atoms with Gasteiger partial charge in [0.15, 0.2) is 0 Å². The number of carboxylic acid groups (broad SMARTS) is 1. The SMILES string of the molecule is N[C@](Cn1cccn1)(C(=O)O)n1cccn1. The van der Waals surface area contributed by atoms with E-state index in [-0.39, 0.29) is 6.54 Å². The average molecular weight is 221 g/mol. The quantitative estimate of drug-likeness (QED) is 0.723. The third-order valence-electron chi connectivity index (χ3n) is 2.25. The fourth-order valence-electron chi connectivity index (χ4n) is 1.38. The smallest absolute Gasteiger partial charge is 0.348 e. The van der Waals surface area contributed by atoms with E-state index in [1.807, 2.05) is 0 Å². The maximum Gasteiger partial charge on any atom is 0.348 e. The first-order chi connectivity index (χ1) is 7.63. The summed E-state index contributed by atoms with van der Waals surface area (Å²) in [6, 6.07) is 3.32. The molecule has 7 heteroatoms. The van der Waals surface area contributed by atoms with Gasteiger partial charge in [0.05, 0.1) is 6.54 Å². The molecule has 0 fully saturated rings. The van der Waals surface area contributed by atoms with Gasteiger partial charge in [0.25, 0.3) is 0 Å². The molecule has 0 saturated carbocycles. The van der Waals surface area contributed by atoms with E-state index in [9.17, 15) is 9.90 Å². The number of aromatic nitrogens is 4. The minimum absolute atomic E-state index is 0.0109. The van der Waals surface area contributed by atoms with Crippen molar-refractivity contribution in [1.82, 2.24) is 19.6 Å². The molecule has 0 saturated heterocycles. The lowest BCUT2D eigenvalue weighted by Gasteiger charge is -2.24. The van der Waals surface area contributed by atoms with E-state index in [4.69, 9.17) is 5.73 Å². The van der Waals surface area contributed by atoms with Gasteiger partial charge in [0, 0.05) is 24.8 Å². The highest BCUT2D eigenvalue weighted by atomic mass is 16.4. The van der Waals surface area contributed by atoms with Crippen molar-refractivity contribution >= 4 is 5.97 Å². The Morgan fingerprint density at radius 1 is 1.31 bits per heavy atom. The molecule has 0 radical (unpaired) electrons. The number of hydrogen-bond donors (Lipinski definition) is 2. The van der Waals surface area contributed by atoms with Gasteiger partial charge >= 0.3 is 5.97 Å². The average Bonchev–Trinajstić information content (AvgIpc) is 2.88. The standard InChI is InChI=1S/C9H11N5O2/c10-9(8(15)16,14-6-2-4-12-14)7-13-5-1-3-11-13/h1-6H,7,10H2,(H,15,16)/t9-/m0/s1. The minimum Gasteiger partial charge on any atom is -0.478 e. The van der Waals surface area contributed by atoms with Crippen molar-refractivity contribution in [3.63, 3.8) is 0 Å². The van der Waals surface area contributed by atoms with Gasteiger partial charge in [-0.2, -0.15) is 10.2 Å². The molecule has 2 heterocycles.